The van der Waals surface area contributed by atoms with Crippen molar-refractivity contribution in [3.05, 3.63) is 53.7 Å². The number of aromatic nitrogens is 2. The van der Waals surface area contributed by atoms with Crippen molar-refractivity contribution in [3.8, 4) is 5.75 Å². The van der Waals surface area contributed by atoms with Crippen LogP contribution >= 0.6 is 0 Å². The molecule has 0 spiro atoms. The predicted octanol–water partition coefficient (Wildman–Crippen LogP) is 2.52. The Morgan fingerprint density at radius 2 is 2.22 bits per heavy atom. The van der Waals surface area contributed by atoms with E-state index in [1.54, 1.807) is 30.6 Å². The molecule has 1 saturated heterocycles. The minimum absolute atomic E-state index is 0.0271. The number of aliphatic hydroxyl groups excluding tert-OH is 1. The highest BCUT2D eigenvalue weighted by Crippen LogP contribution is 2.35. The molecule has 0 bridgehead atoms. The van der Waals surface area contributed by atoms with E-state index in [2.05, 4.69) is 32.2 Å². The zero-order valence-electron chi connectivity index (χ0n) is 21.8. The van der Waals surface area contributed by atoms with Crippen molar-refractivity contribution >= 4 is 24.5 Å². The number of aliphatic imine (C=N–C) groups is 2. The van der Waals surface area contributed by atoms with Gasteiger partial charge in [-0.15, -0.1) is 0 Å². The fourth-order valence-electron chi connectivity index (χ4n) is 4.58. The number of carbonyl (C=O) groups is 1. The Balaban J connectivity index is 1.88. The van der Waals surface area contributed by atoms with E-state index in [1.807, 2.05) is 36.1 Å². The summed E-state index contributed by atoms with van der Waals surface area (Å²) >= 11 is 0. The number of rotatable bonds is 15. The van der Waals surface area contributed by atoms with Gasteiger partial charge < -0.3 is 29.7 Å². The molecule has 0 aliphatic carbocycles. The maximum Gasteiger partial charge on any atom is 0.322 e. The van der Waals surface area contributed by atoms with Crippen molar-refractivity contribution < 1.29 is 19.4 Å². The smallest absolute Gasteiger partial charge is 0.322 e. The van der Waals surface area contributed by atoms with E-state index in [9.17, 15) is 9.90 Å². The molecule has 2 aromatic rings. The molecular weight excluding hydrogens is 474 g/mol. The minimum Gasteiger partial charge on any atom is -0.497 e. The Kier molecular flexibility index (Phi) is 10.2. The maximum absolute atomic E-state index is 13.7. The fourth-order valence-corrected chi connectivity index (χ4v) is 4.58. The normalized spacial score (nSPS) is 18.4. The van der Waals surface area contributed by atoms with Crippen LogP contribution in [0, 0.1) is 0 Å². The van der Waals surface area contributed by atoms with Gasteiger partial charge in [0.2, 0.25) is 5.88 Å². The molecule has 1 unspecified atom stereocenters. The monoisotopic (exact) mass is 511 g/mol. The topological polar surface area (TPSA) is 128 Å². The third-order valence-electron chi connectivity index (χ3n) is 6.48. The van der Waals surface area contributed by atoms with Gasteiger partial charge in [-0.3, -0.25) is 10.1 Å². The van der Waals surface area contributed by atoms with Gasteiger partial charge in [-0.2, -0.15) is 5.10 Å². The largest absolute Gasteiger partial charge is 0.497 e. The van der Waals surface area contributed by atoms with Crippen molar-refractivity contribution in [1.82, 2.24) is 25.3 Å². The molecule has 2 amide bonds. The number of aromatic amines is 1. The van der Waals surface area contributed by atoms with Gasteiger partial charge in [-0.25, -0.2) is 9.79 Å². The second-order valence-electron chi connectivity index (χ2n) is 8.74. The molecule has 200 valence electrons. The van der Waals surface area contributed by atoms with Crippen LogP contribution in [-0.4, -0.2) is 96.7 Å². The molecule has 1 atom stereocenters. The highest BCUT2D eigenvalue weighted by molar-refractivity contribution is 6.10. The van der Waals surface area contributed by atoms with Gasteiger partial charge >= 0.3 is 6.03 Å². The lowest BCUT2D eigenvalue weighted by molar-refractivity contribution is 0.110. The number of hydrogen-bond acceptors (Lipinski definition) is 8. The molecule has 1 aromatic carbocycles. The van der Waals surface area contributed by atoms with Gasteiger partial charge in [0, 0.05) is 37.7 Å². The number of carbonyl (C=O) groups excluding carboxylic acids is 1. The number of allylic oxidation sites excluding steroid dienone is 1. The lowest BCUT2D eigenvalue weighted by Crippen LogP contribution is -2.49. The van der Waals surface area contributed by atoms with Crippen molar-refractivity contribution in [3.63, 3.8) is 0 Å². The van der Waals surface area contributed by atoms with E-state index < -0.39 is 5.54 Å². The Morgan fingerprint density at radius 1 is 1.38 bits per heavy atom. The van der Waals surface area contributed by atoms with Gasteiger partial charge in [0.1, 0.15) is 12.4 Å². The molecule has 11 heteroatoms. The number of ether oxygens (including phenoxy) is 2. The number of aliphatic hydroxyl groups is 1. The van der Waals surface area contributed by atoms with Crippen molar-refractivity contribution in [2.45, 2.75) is 31.8 Å². The van der Waals surface area contributed by atoms with Gasteiger partial charge in [0.15, 0.2) is 0 Å². The summed E-state index contributed by atoms with van der Waals surface area (Å²) in [6, 6.07) is 7.56. The number of benzene rings is 1. The van der Waals surface area contributed by atoms with Crippen LogP contribution in [-0.2, 0) is 11.3 Å². The molecular formula is C26H37N7O4. The molecule has 0 radical (unpaired) electrons. The standard InChI is InChI=1S/C26H37N7O4/c1-5-28-11-9-26(10-12-34)18-32(25(35)33(26)17-20-7-6-8-22(13-20)36-3)19-29-16-23(24(27-2)37-4)21-14-30-31-15-21/h6-8,13-16,28,34H,2,5,9-12,17-19H2,1,3-4H3,(H,30,31)/b24-23-,29-16-. The Labute approximate surface area is 217 Å². The van der Waals surface area contributed by atoms with E-state index in [0.717, 1.165) is 30.0 Å². The Hall–Kier alpha value is -3.70. The quantitative estimate of drug-likeness (QED) is 0.192. The maximum atomic E-state index is 13.7. The summed E-state index contributed by atoms with van der Waals surface area (Å²) in [6.07, 6.45) is 6.11. The third-order valence-corrected chi connectivity index (χ3v) is 6.48. The van der Waals surface area contributed by atoms with E-state index in [-0.39, 0.29) is 19.3 Å². The highest BCUT2D eigenvalue weighted by Gasteiger charge is 2.48. The first kappa shape index (κ1) is 27.9. The molecule has 0 saturated carbocycles. The van der Waals surface area contributed by atoms with Crippen molar-refractivity contribution in [2.24, 2.45) is 9.98 Å². The molecule has 37 heavy (non-hydrogen) atoms. The second kappa shape index (κ2) is 13.6. The second-order valence-corrected chi connectivity index (χ2v) is 8.74. The summed E-state index contributed by atoms with van der Waals surface area (Å²) in [5, 5.41) is 20.1. The molecule has 3 N–H and O–H groups in total. The number of H-pyrrole nitrogens is 1. The summed E-state index contributed by atoms with van der Waals surface area (Å²) < 4.78 is 10.7. The molecule has 1 aliphatic rings. The van der Waals surface area contributed by atoms with E-state index in [0.29, 0.717) is 37.4 Å². The van der Waals surface area contributed by atoms with Gasteiger partial charge in [-0.05, 0) is 50.3 Å². The van der Waals surface area contributed by atoms with Crippen LogP contribution in [0.25, 0.3) is 5.57 Å². The fraction of sp³-hybridized carbons (Fsp3) is 0.462. The van der Waals surface area contributed by atoms with Crippen molar-refractivity contribution in [2.75, 3.05) is 47.1 Å². The number of methoxy groups -OCH3 is 2. The van der Waals surface area contributed by atoms with Crippen LogP contribution in [0.4, 0.5) is 4.79 Å². The molecule has 3 rings (SSSR count). The average molecular weight is 512 g/mol. The number of nitrogens with one attached hydrogen (secondary N) is 2. The Bertz CT molecular complexity index is 1090. The van der Waals surface area contributed by atoms with E-state index in [4.69, 9.17) is 9.47 Å². The van der Waals surface area contributed by atoms with Crippen LogP contribution in [0.3, 0.4) is 0 Å². The summed E-state index contributed by atoms with van der Waals surface area (Å²) in [4.78, 5) is 25.8. The van der Waals surface area contributed by atoms with Gasteiger partial charge in [0.25, 0.3) is 0 Å². The first-order chi connectivity index (χ1) is 18.0. The van der Waals surface area contributed by atoms with E-state index in [1.165, 1.54) is 7.11 Å². The van der Waals surface area contributed by atoms with Crippen LogP contribution in [0.2, 0.25) is 0 Å². The molecule has 1 aliphatic heterocycles. The summed E-state index contributed by atoms with van der Waals surface area (Å²) in [7, 11) is 3.13. The summed E-state index contributed by atoms with van der Waals surface area (Å²) in [6.45, 7) is 8.12. The zero-order chi connectivity index (χ0) is 26.7. The van der Waals surface area contributed by atoms with E-state index >= 15 is 0 Å². The molecule has 2 heterocycles. The van der Waals surface area contributed by atoms with Crippen LogP contribution in [0.5, 0.6) is 5.75 Å². The van der Waals surface area contributed by atoms with Crippen molar-refractivity contribution in [1.29, 1.82) is 0 Å². The SMILES string of the molecule is C=N/C(OC)=C(\C=N/CN1CC(CCO)(CCNCC)N(Cc2cccc(OC)c2)C1=O)c1cn[nH]c1. The lowest BCUT2D eigenvalue weighted by Gasteiger charge is -2.37. The van der Waals surface area contributed by atoms with Crippen LogP contribution in [0.15, 0.2) is 52.5 Å². The summed E-state index contributed by atoms with van der Waals surface area (Å²) in [5.41, 5.74) is 1.74. The number of nitrogens with zero attached hydrogens (tertiary/aromatic N) is 5. The Morgan fingerprint density at radius 3 is 2.86 bits per heavy atom. The number of hydrogen-bond donors (Lipinski definition) is 3. The van der Waals surface area contributed by atoms with Gasteiger partial charge in [0.05, 0.1) is 31.5 Å². The number of amides is 2. The predicted molar refractivity (Wildman–Crippen MR) is 144 cm³/mol. The lowest BCUT2D eigenvalue weighted by atomic mass is 9.90. The average Bonchev–Trinajstić information content (AvgIpc) is 3.53. The number of urea groups is 1. The first-order valence-corrected chi connectivity index (χ1v) is 12.3. The first-order valence-electron chi connectivity index (χ1n) is 12.3. The third kappa shape index (κ3) is 6.75. The van der Waals surface area contributed by atoms with Crippen LogP contribution in [0.1, 0.15) is 30.9 Å². The highest BCUT2D eigenvalue weighted by atomic mass is 16.5. The molecule has 1 aromatic heterocycles. The van der Waals surface area contributed by atoms with Crippen LogP contribution < -0.4 is 10.1 Å². The molecule has 1 fully saturated rings. The summed E-state index contributed by atoms with van der Waals surface area (Å²) in [5.74, 6) is 1.03. The minimum atomic E-state index is -0.545. The molecule has 11 nitrogen and oxygen atoms in total. The zero-order valence-corrected chi connectivity index (χ0v) is 21.8. The van der Waals surface area contributed by atoms with Gasteiger partial charge in [-0.1, -0.05) is 19.1 Å².